The highest BCUT2D eigenvalue weighted by Crippen LogP contribution is 2.32. The molecular weight excluding hydrogens is 534 g/mol. The molecule has 0 saturated carbocycles. The Morgan fingerprint density at radius 1 is 1.07 bits per heavy atom. The summed E-state index contributed by atoms with van der Waals surface area (Å²) in [4.78, 5) is 43.4. The van der Waals surface area contributed by atoms with E-state index in [9.17, 15) is 31.9 Å². The number of benzene rings is 2. The molecule has 40 heavy (non-hydrogen) atoms. The van der Waals surface area contributed by atoms with Crippen molar-refractivity contribution in [2.45, 2.75) is 19.1 Å². The Morgan fingerprint density at radius 2 is 1.75 bits per heavy atom. The van der Waals surface area contributed by atoms with E-state index < -0.39 is 41.6 Å². The molecule has 0 radical (unpaired) electrons. The molecule has 13 heteroatoms. The standard InChI is InChI=1S/C27H29F4N5O4/c1-3-40-24(37)22-21(34(2)25(38)33-23(22)17-5-4-6-19(28)15-17)16-35-11-13-36(14-12-35)26(39)32-20-9-7-18(8-10-20)27(29,30)31/h4-10,15,23H,3,11-14,16H2,1-2H3,(H,32,39)(H,33,38)/t23-/m1/s1. The number of anilines is 1. The average molecular weight is 564 g/mol. The van der Waals surface area contributed by atoms with Crippen molar-refractivity contribution in [3.05, 3.63) is 76.7 Å². The second-order valence-electron chi connectivity index (χ2n) is 9.35. The van der Waals surface area contributed by atoms with Gasteiger partial charge in [0, 0.05) is 51.2 Å². The number of alkyl halides is 3. The predicted octanol–water partition coefficient (Wildman–Crippen LogP) is 4.21. The largest absolute Gasteiger partial charge is 0.463 e. The lowest BCUT2D eigenvalue weighted by atomic mass is 9.94. The van der Waals surface area contributed by atoms with Crippen molar-refractivity contribution >= 4 is 23.7 Å². The molecule has 2 heterocycles. The third-order valence-corrected chi connectivity index (χ3v) is 6.75. The molecule has 0 spiro atoms. The number of nitrogens with zero attached hydrogens (tertiary/aromatic N) is 3. The van der Waals surface area contributed by atoms with Gasteiger partial charge in [0.25, 0.3) is 0 Å². The normalized spacial score (nSPS) is 18.4. The molecule has 0 aliphatic carbocycles. The first-order valence-electron chi connectivity index (χ1n) is 12.6. The number of nitrogens with one attached hydrogen (secondary N) is 2. The fraction of sp³-hybridized carbons (Fsp3) is 0.370. The maximum Gasteiger partial charge on any atom is 0.416 e. The zero-order valence-corrected chi connectivity index (χ0v) is 21.9. The molecule has 4 rings (SSSR count). The lowest BCUT2D eigenvalue weighted by Crippen LogP contribution is -2.53. The van der Waals surface area contributed by atoms with Gasteiger partial charge in [-0.3, -0.25) is 9.80 Å². The van der Waals surface area contributed by atoms with E-state index >= 15 is 0 Å². The molecule has 0 bridgehead atoms. The average Bonchev–Trinajstić information content (AvgIpc) is 2.91. The van der Waals surface area contributed by atoms with Gasteiger partial charge in [0.2, 0.25) is 0 Å². The van der Waals surface area contributed by atoms with Crippen LogP contribution >= 0.6 is 0 Å². The molecular formula is C27H29F4N5O4. The van der Waals surface area contributed by atoms with Crippen LogP contribution in [0.1, 0.15) is 24.1 Å². The zero-order chi connectivity index (χ0) is 29.0. The molecule has 2 aromatic rings. The summed E-state index contributed by atoms with van der Waals surface area (Å²) in [6.07, 6.45) is -4.47. The summed E-state index contributed by atoms with van der Waals surface area (Å²) in [5, 5.41) is 5.35. The van der Waals surface area contributed by atoms with Crippen LogP contribution < -0.4 is 10.6 Å². The number of likely N-dealkylation sites (N-methyl/N-ethyl adjacent to an activating group) is 1. The van der Waals surface area contributed by atoms with E-state index in [4.69, 9.17) is 4.74 Å². The number of hydrogen-bond donors (Lipinski definition) is 2. The van der Waals surface area contributed by atoms with Gasteiger partial charge in [0.15, 0.2) is 0 Å². The van der Waals surface area contributed by atoms with Crippen molar-refractivity contribution in [1.82, 2.24) is 20.0 Å². The number of hydrogen-bond acceptors (Lipinski definition) is 5. The third kappa shape index (κ3) is 6.53. The number of piperazine rings is 1. The van der Waals surface area contributed by atoms with Crippen molar-refractivity contribution in [3.8, 4) is 0 Å². The van der Waals surface area contributed by atoms with Crippen LogP contribution in [0.4, 0.5) is 32.8 Å². The molecule has 4 amide bonds. The Labute approximate surface area is 228 Å². The Morgan fingerprint density at radius 3 is 2.35 bits per heavy atom. The second-order valence-corrected chi connectivity index (χ2v) is 9.35. The molecule has 2 aliphatic rings. The Balaban J connectivity index is 1.47. The maximum atomic E-state index is 14.0. The van der Waals surface area contributed by atoms with Crippen molar-refractivity contribution in [1.29, 1.82) is 0 Å². The minimum absolute atomic E-state index is 0.107. The number of esters is 1. The Kier molecular flexibility index (Phi) is 8.62. The Hall–Kier alpha value is -4.13. The first-order valence-corrected chi connectivity index (χ1v) is 12.6. The van der Waals surface area contributed by atoms with Gasteiger partial charge in [0.1, 0.15) is 5.82 Å². The molecule has 0 unspecified atom stereocenters. The minimum atomic E-state index is -4.47. The van der Waals surface area contributed by atoms with E-state index in [2.05, 4.69) is 10.6 Å². The van der Waals surface area contributed by atoms with Crippen LogP contribution in [0.15, 0.2) is 59.8 Å². The third-order valence-electron chi connectivity index (χ3n) is 6.75. The first-order chi connectivity index (χ1) is 19.0. The van der Waals surface area contributed by atoms with Gasteiger partial charge in [-0.2, -0.15) is 13.2 Å². The van der Waals surface area contributed by atoms with E-state index in [0.717, 1.165) is 12.1 Å². The molecule has 214 valence electrons. The summed E-state index contributed by atoms with van der Waals surface area (Å²) < 4.78 is 57.6. The monoisotopic (exact) mass is 563 g/mol. The lowest BCUT2D eigenvalue weighted by Gasteiger charge is -2.39. The van der Waals surface area contributed by atoms with E-state index in [1.807, 2.05) is 4.90 Å². The minimum Gasteiger partial charge on any atom is -0.463 e. The Bertz CT molecular complexity index is 1290. The summed E-state index contributed by atoms with van der Waals surface area (Å²) >= 11 is 0. The fourth-order valence-corrected chi connectivity index (χ4v) is 4.60. The van der Waals surface area contributed by atoms with Gasteiger partial charge in [0.05, 0.1) is 23.8 Å². The van der Waals surface area contributed by atoms with Crippen molar-refractivity contribution in [3.63, 3.8) is 0 Å². The molecule has 1 atom stereocenters. The summed E-state index contributed by atoms with van der Waals surface area (Å²) in [6, 6.07) is 7.98. The number of rotatable bonds is 6. The highest BCUT2D eigenvalue weighted by Gasteiger charge is 2.38. The predicted molar refractivity (Wildman–Crippen MR) is 138 cm³/mol. The molecule has 2 N–H and O–H groups in total. The topological polar surface area (TPSA) is 94.2 Å². The highest BCUT2D eigenvalue weighted by atomic mass is 19.4. The van der Waals surface area contributed by atoms with Crippen LogP contribution in [0.3, 0.4) is 0 Å². The molecule has 2 aliphatic heterocycles. The highest BCUT2D eigenvalue weighted by molar-refractivity contribution is 5.95. The molecule has 9 nitrogen and oxygen atoms in total. The van der Waals surface area contributed by atoms with Crippen molar-refractivity contribution in [2.24, 2.45) is 0 Å². The van der Waals surface area contributed by atoms with Crippen LogP contribution in [0, 0.1) is 5.82 Å². The van der Waals surface area contributed by atoms with Crippen LogP contribution in [0.2, 0.25) is 0 Å². The summed E-state index contributed by atoms with van der Waals surface area (Å²) in [5.74, 6) is -1.14. The number of carbonyl (C=O) groups is 3. The lowest BCUT2D eigenvalue weighted by molar-refractivity contribution is -0.139. The quantitative estimate of drug-likeness (QED) is 0.406. The zero-order valence-electron chi connectivity index (χ0n) is 21.9. The summed E-state index contributed by atoms with van der Waals surface area (Å²) in [6.45, 7) is 3.37. The van der Waals surface area contributed by atoms with E-state index in [1.54, 1.807) is 13.0 Å². The van der Waals surface area contributed by atoms with E-state index in [1.165, 1.54) is 47.2 Å². The van der Waals surface area contributed by atoms with Gasteiger partial charge in [-0.15, -0.1) is 0 Å². The number of ether oxygens (including phenoxy) is 1. The second kappa shape index (κ2) is 11.9. The van der Waals surface area contributed by atoms with Gasteiger partial charge in [-0.25, -0.2) is 18.8 Å². The number of carbonyl (C=O) groups excluding carboxylic acids is 3. The van der Waals surface area contributed by atoms with E-state index in [-0.39, 0.29) is 24.4 Å². The van der Waals surface area contributed by atoms with Gasteiger partial charge < -0.3 is 20.3 Å². The fourth-order valence-electron chi connectivity index (χ4n) is 4.60. The first kappa shape index (κ1) is 28.9. The maximum absolute atomic E-state index is 14.0. The van der Waals surface area contributed by atoms with Crippen molar-refractivity contribution in [2.75, 3.05) is 51.7 Å². The molecule has 2 aromatic carbocycles. The van der Waals surface area contributed by atoms with Gasteiger partial charge in [-0.05, 0) is 48.9 Å². The van der Waals surface area contributed by atoms with E-state index in [0.29, 0.717) is 37.4 Å². The number of halogens is 4. The number of amides is 4. The SMILES string of the molecule is CCOC(=O)C1=C(CN2CCN(C(=O)Nc3ccc(C(F)(F)F)cc3)CC2)N(C)C(=O)N[C@@H]1c1cccc(F)c1. The summed E-state index contributed by atoms with van der Waals surface area (Å²) in [5.41, 5.74) is 0.419. The molecule has 0 aromatic heterocycles. The van der Waals surface area contributed by atoms with Crippen LogP contribution in [0.5, 0.6) is 0 Å². The van der Waals surface area contributed by atoms with Crippen LogP contribution in [-0.2, 0) is 15.7 Å². The van der Waals surface area contributed by atoms with Crippen LogP contribution in [0.25, 0.3) is 0 Å². The van der Waals surface area contributed by atoms with Gasteiger partial charge in [-0.1, -0.05) is 12.1 Å². The molecule has 1 fully saturated rings. The smallest absolute Gasteiger partial charge is 0.416 e. The summed E-state index contributed by atoms with van der Waals surface area (Å²) in [7, 11) is 1.53. The van der Waals surface area contributed by atoms with Gasteiger partial charge >= 0.3 is 24.2 Å². The van der Waals surface area contributed by atoms with Crippen molar-refractivity contribution < 1.29 is 36.7 Å². The number of urea groups is 2. The van der Waals surface area contributed by atoms with Crippen LogP contribution in [-0.4, -0.2) is 79.1 Å². The molecule has 1 saturated heterocycles.